The lowest BCUT2D eigenvalue weighted by Gasteiger charge is -2.35. The molecule has 1 unspecified atom stereocenters. The molecule has 5 heteroatoms. The number of carbonyl (C=O) groups is 1. The van der Waals surface area contributed by atoms with Crippen LogP contribution in [0.2, 0.25) is 0 Å². The topological polar surface area (TPSA) is 69.2 Å². The maximum atomic E-state index is 13.6. The summed E-state index contributed by atoms with van der Waals surface area (Å²) in [6.45, 7) is 0. The number of carbonyl (C=O) groups excluding carboxylic acids is 1. The maximum Gasteiger partial charge on any atom is 0.261 e. The van der Waals surface area contributed by atoms with Crippen molar-refractivity contribution in [2.75, 3.05) is 4.90 Å². The summed E-state index contributed by atoms with van der Waals surface area (Å²) in [7, 11) is 0. The molecule has 1 aromatic heterocycles. The molecule has 1 aliphatic heterocycles. The zero-order chi connectivity index (χ0) is 22.4. The Morgan fingerprint density at radius 3 is 2.55 bits per heavy atom. The molecular formula is C28H20N3O2. The molecule has 2 N–H and O–H groups in total. The van der Waals surface area contributed by atoms with Crippen LogP contribution >= 0.6 is 0 Å². The van der Waals surface area contributed by atoms with E-state index in [4.69, 9.17) is 0 Å². The molecule has 33 heavy (non-hydrogen) atoms. The molecule has 5 nitrogen and oxygen atoms in total. The highest BCUT2D eigenvalue weighted by molar-refractivity contribution is 6.12. The van der Waals surface area contributed by atoms with Crippen molar-refractivity contribution in [3.63, 3.8) is 0 Å². The fraction of sp³-hybridized carbons (Fsp3) is 0.0714. The fourth-order valence-corrected chi connectivity index (χ4v) is 4.68. The van der Waals surface area contributed by atoms with Crippen LogP contribution in [-0.2, 0) is 12.1 Å². The minimum absolute atomic E-state index is 0.237. The number of aliphatic hydroxyl groups is 1. The van der Waals surface area contributed by atoms with Crippen LogP contribution in [0, 0.1) is 6.33 Å². The number of imidazole rings is 1. The number of aromatic amines is 1. The standard InChI is InChI=1S/C28H20N3O2/c32-27-23-11-4-5-12-24(23)28(33,21-13-14-25-26(17-21)30-18-29-25)31(27)22-10-6-9-20(16-22)15-19-7-2-1-3-8-19/h1-14,16-17,33H,15H2,(H,29,30). The summed E-state index contributed by atoms with van der Waals surface area (Å²) < 4.78 is 0. The first-order valence-corrected chi connectivity index (χ1v) is 10.8. The molecule has 1 amide bonds. The monoisotopic (exact) mass is 430 g/mol. The van der Waals surface area contributed by atoms with Gasteiger partial charge in [-0.15, -0.1) is 0 Å². The quantitative estimate of drug-likeness (QED) is 0.430. The zero-order valence-corrected chi connectivity index (χ0v) is 17.7. The van der Waals surface area contributed by atoms with E-state index in [1.807, 2.05) is 72.8 Å². The van der Waals surface area contributed by atoms with E-state index >= 15 is 0 Å². The number of fused-ring (bicyclic) bond motifs is 2. The van der Waals surface area contributed by atoms with E-state index in [0.29, 0.717) is 27.9 Å². The highest BCUT2D eigenvalue weighted by Crippen LogP contribution is 2.45. The van der Waals surface area contributed by atoms with Gasteiger partial charge in [-0.1, -0.05) is 66.7 Å². The lowest BCUT2D eigenvalue weighted by Crippen LogP contribution is -2.45. The Kier molecular flexibility index (Phi) is 4.38. The first kappa shape index (κ1) is 19.5. The summed E-state index contributed by atoms with van der Waals surface area (Å²) in [4.78, 5) is 22.3. The van der Waals surface area contributed by atoms with Gasteiger partial charge in [-0.05, 0) is 47.9 Å². The summed E-state index contributed by atoms with van der Waals surface area (Å²) in [6.07, 6.45) is 3.47. The Morgan fingerprint density at radius 1 is 0.879 bits per heavy atom. The van der Waals surface area contributed by atoms with Gasteiger partial charge in [0, 0.05) is 22.4 Å². The molecule has 0 fully saturated rings. The molecule has 0 saturated carbocycles. The predicted octanol–water partition coefficient (Wildman–Crippen LogP) is 4.81. The van der Waals surface area contributed by atoms with E-state index < -0.39 is 5.72 Å². The van der Waals surface area contributed by atoms with Crippen LogP contribution in [0.3, 0.4) is 0 Å². The summed E-state index contributed by atoms with van der Waals surface area (Å²) in [5.41, 5.74) is 4.33. The highest BCUT2D eigenvalue weighted by Gasteiger charge is 2.50. The SMILES string of the molecule is O=C1c2ccccc2C(O)(c2ccc3[nH][c]nc3c2)N1c1cccc(Cc2ccccc2)c1. The maximum absolute atomic E-state index is 13.6. The van der Waals surface area contributed by atoms with Crippen LogP contribution in [0.4, 0.5) is 5.69 Å². The largest absolute Gasteiger partial charge is 0.363 e. The van der Waals surface area contributed by atoms with E-state index in [0.717, 1.165) is 17.5 Å². The third kappa shape index (κ3) is 3.05. The van der Waals surface area contributed by atoms with Gasteiger partial charge in [-0.25, -0.2) is 4.98 Å². The van der Waals surface area contributed by atoms with E-state index in [-0.39, 0.29) is 5.91 Å². The van der Waals surface area contributed by atoms with Crippen LogP contribution in [0.5, 0.6) is 0 Å². The lowest BCUT2D eigenvalue weighted by molar-refractivity contribution is 0.0704. The Balaban J connectivity index is 1.50. The van der Waals surface area contributed by atoms with Crippen LogP contribution in [0.1, 0.15) is 32.6 Å². The van der Waals surface area contributed by atoms with E-state index in [9.17, 15) is 9.90 Å². The zero-order valence-electron chi connectivity index (χ0n) is 17.7. The Labute approximate surface area is 191 Å². The first-order valence-electron chi connectivity index (χ1n) is 10.8. The fourth-order valence-electron chi connectivity index (χ4n) is 4.68. The minimum atomic E-state index is -1.66. The molecule has 0 aliphatic carbocycles. The van der Waals surface area contributed by atoms with Gasteiger partial charge in [-0.2, -0.15) is 0 Å². The van der Waals surface area contributed by atoms with E-state index in [2.05, 4.69) is 28.4 Å². The Hall–Kier alpha value is -4.22. The van der Waals surface area contributed by atoms with Crippen molar-refractivity contribution in [3.8, 4) is 0 Å². The molecule has 0 spiro atoms. The smallest absolute Gasteiger partial charge is 0.261 e. The molecule has 0 saturated heterocycles. The number of anilines is 1. The number of amides is 1. The van der Waals surface area contributed by atoms with Crippen molar-refractivity contribution in [2.45, 2.75) is 12.1 Å². The van der Waals surface area contributed by atoms with Gasteiger partial charge in [0.1, 0.15) is 0 Å². The van der Waals surface area contributed by atoms with Crippen molar-refractivity contribution in [1.29, 1.82) is 0 Å². The predicted molar refractivity (Wildman–Crippen MR) is 127 cm³/mol. The van der Waals surface area contributed by atoms with Gasteiger partial charge in [0.25, 0.3) is 5.91 Å². The minimum Gasteiger partial charge on any atom is -0.363 e. The van der Waals surface area contributed by atoms with Crippen LogP contribution < -0.4 is 4.90 Å². The molecule has 1 radical (unpaired) electrons. The van der Waals surface area contributed by atoms with Crippen molar-refractivity contribution in [2.24, 2.45) is 0 Å². The third-order valence-corrected chi connectivity index (χ3v) is 6.25. The number of nitrogens with one attached hydrogen (secondary N) is 1. The molecule has 2 heterocycles. The number of aromatic nitrogens is 2. The van der Waals surface area contributed by atoms with Gasteiger partial charge in [0.2, 0.25) is 0 Å². The molecule has 0 bridgehead atoms. The molecule has 1 aliphatic rings. The van der Waals surface area contributed by atoms with Crippen molar-refractivity contribution in [1.82, 2.24) is 9.97 Å². The van der Waals surface area contributed by atoms with Gasteiger partial charge in [-0.3, -0.25) is 9.69 Å². The third-order valence-electron chi connectivity index (χ3n) is 6.25. The number of benzene rings is 4. The van der Waals surface area contributed by atoms with Gasteiger partial charge >= 0.3 is 0 Å². The van der Waals surface area contributed by atoms with E-state index in [1.54, 1.807) is 12.1 Å². The summed E-state index contributed by atoms with van der Waals surface area (Å²) in [6, 6.07) is 30.7. The second kappa shape index (κ2) is 7.43. The Morgan fingerprint density at radius 2 is 1.67 bits per heavy atom. The summed E-state index contributed by atoms with van der Waals surface area (Å²) >= 11 is 0. The first-order chi connectivity index (χ1) is 16.1. The van der Waals surface area contributed by atoms with Crippen molar-refractivity contribution >= 4 is 22.6 Å². The van der Waals surface area contributed by atoms with Crippen molar-refractivity contribution < 1.29 is 9.90 Å². The second-order valence-electron chi connectivity index (χ2n) is 8.27. The highest BCUT2D eigenvalue weighted by atomic mass is 16.3. The number of H-pyrrole nitrogens is 1. The normalized spacial score (nSPS) is 17.5. The number of nitrogens with zero attached hydrogens (tertiary/aromatic N) is 2. The summed E-state index contributed by atoms with van der Waals surface area (Å²) in [5, 5.41) is 12.2. The molecule has 1 atom stereocenters. The average Bonchev–Trinajstić information content (AvgIpc) is 3.41. The summed E-state index contributed by atoms with van der Waals surface area (Å²) in [5.74, 6) is -0.237. The molecule has 5 aromatic rings. The van der Waals surface area contributed by atoms with Gasteiger partial charge < -0.3 is 10.1 Å². The average molecular weight is 430 g/mol. The van der Waals surface area contributed by atoms with Gasteiger partial charge in [0.05, 0.1) is 11.0 Å². The van der Waals surface area contributed by atoms with Crippen LogP contribution in [0.25, 0.3) is 11.0 Å². The number of hydrogen-bond acceptors (Lipinski definition) is 3. The molecule has 4 aromatic carbocycles. The molecule has 6 rings (SSSR count). The second-order valence-corrected chi connectivity index (χ2v) is 8.27. The van der Waals surface area contributed by atoms with E-state index in [1.165, 1.54) is 10.5 Å². The molecule has 159 valence electrons. The number of rotatable bonds is 4. The lowest BCUT2D eigenvalue weighted by atomic mass is 9.93. The number of hydrogen-bond donors (Lipinski definition) is 2. The van der Waals surface area contributed by atoms with Gasteiger partial charge in [0.15, 0.2) is 12.1 Å². The Bertz CT molecular complexity index is 1490. The van der Waals surface area contributed by atoms with Crippen LogP contribution in [0.15, 0.2) is 97.1 Å². The van der Waals surface area contributed by atoms with Crippen molar-refractivity contribution in [3.05, 3.63) is 131 Å². The van der Waals surface area contributed by atoms with Crippen LogP contribution in [-0.4, -0.2) is 21.0 Å². The molecular weight excluding hydrogens is 410 g/mol.